The van der Waals surface area contributed by atoms with Crippen molar-refractivity contribution in [2.45, 2.75) is 18.6 Å². The number of benzene rings is 2. The lowest BCUT2D eigenvalue weighted by atomic mass is 10.0. The van der Waals surface area contributed by atoms with Crippen LogP contribution in [0.2, 0.25) is 0 Å². The van der Waals surface area contributed by atoms with Crippen molar-refractivity contribution >= 4 is 5.96 Å². The maximum Gasteiger partial charge on any atom is 0.191 e. The van der Waals surface area contributed by atoms with E-state index in [0.29, 0.717) is 32.3 Å². The molecule has 2 aliphatic heterocycles. The number of guanidine groups is 1. The second-order valence-electron chi connectivity index (χ2n) is 7.60. The Balaban J connectivity index is 1.34. The number of rotatable bonds is 6. The molecule has 0 amide bonds. The number of nitrogens with zero attached hydrogens (tertiary/aromatic N) is 2. The van der Waals surface area contributed by atoms with E-state index < -0.39 is 0 Å². The maximum absolute atomic E-state index is 13.9. The molecule has 2 N–H and O–H groups in total. The number of ether oxygens (including phenoxy) is 2. The fourth-order valence-corrected chi connectivity index (χ4v) is 4.05. The summed E-state index contributed by atoms with van der Waals surface area (Å²) in [4.78, 5) is 6.68. The molecule has 2 atom stereocenters. The van der Waals surface area contributed by atoms with Gasteiger partial charge in [-0.1, -0.05) is 30.3 Å². The lowest BCUT2D eigenvalue weighted by Crippen LogP contribution is -2.47. The van der Waals surface area contributed by atoms with Crippen molar-refractivity contribution in [2.24, 2.45) is 4.99 Å². The molecule has 0 aliphatic carbocycles. The van der Waals surface area contributed by atoms with Gasteiger partial charge in [0.15, 0.2) is 5.96 Å². The number of hydrogen-bond acceptors (Lipinski definition) is 4. The summed E-state index contributed by atoms with van der Waals surface area (Å²) in [6.07, 6.45) is 0.971. The van der Waals surface area contributed by atoms with Gasteiger partial charge in [0.05, 0.1) is 25.8 Å². The summed E-state index contributed by atoms with van der Waals surface area (Å²) in [7, 11) is 1.76. The van der Waals surface area contributed by atoms with E-state index in [0.717, 1.165) is 30.8 Å². The molecule has 2 aromatic carbocycles. The molecule has 2 aromatic rings. The Kier molecular flexibility index (Phi) is 6.81. The standard InChI is InChI=1S/C23H29FN4O2/c1-25-23(26-15-20-14-18-5-2-3-8-22(18)30-20)27-16-21(28-9-11-29-12-10-28)17-6-4-7-19(24)13-17/h2-8,13,20-21H,9-12,14-16H2,1H3,(H2,25,26,27). The number of aliphatic imine (C=N–C) groups is 1. The van der Waals surface area contributed by atoms with Crippen LogP contribution in [0.25, 0.3) is 0 Å². The number of hydrogen-bond donors (Lipinski definition) is 2. The molecule has 6 nitrogen and oxygen atoms in total. The summed E-state index contributed by atoms with van der Waals surface area (Å²) >= 11 is 0. The van der Waals surface area contributed by atoms with Crippen molar-refractivity contribution < 1.29 is 13.9 Å². The monoisotopic (exact) mass is 412 g/mol. The summed E-state index contributed by atoms with van der Waals surface area (Å²) in [6, 6.07) is 15.0. The molecule has 0 spiro atoms. The van der Waals surface area contributed by atoms with Crippen molar-refractivity contribution in [2.75, 3.05) is 46.4 Å². The normalized spacial score (nSPS) is 20.3. The zero-order valence-corrected chi connectivity index (χ0v) is 17.3. The Morgan fingerprint density at radius 1 is 1.17 bits per heavy atom. The Bertz CT molecular complexity index is 845. The van der Waals surface area contributed by atoms with E-state index in [1.807, 2.05) is 24.3 Å². The van der Waals surface area contributed by atoms with Crippen molar-refractivity contribution in [1.82, 2.24) is 15.5 Å². The zero-order valence-electron chi connectivity index (χ0n) is 17.3. The fourth-order valence-electron chi connectivity index (χ4n) is 4.05. The van der Waals surface area contributed by atoms with Crippen LogP contribution >= 0.6 is 0 Å². The average Bonchev–Trinajstić information content (AvgIpc) is 3.20. The van der Waals surface area contributed by atoms with Crippen molar-refractivity contribution in [3.05, 3.63) is 65.5 Å². The molecule has 1 saturated heterocycles. The van der Waals surface area contributed by atoms with Crippen LogP contribution in [-0.4, -0.2) is 63.4 Å². The average molecular weight is 413 g/mol. The van der Waals surface area contributed by atoms with Gasteiger partial charge in [-0.05, 0) is 29.3 Å². The predicted octanol–water partition coefficient (Wildman–Crippen LogP) is 2.37. The molecule has 7 heteroatoms. The number of para-hydroxylation sites is 1. The van der Waals surface area contributed by atoms with Crippen LogP contribution in [0.3, 0.4) is 0 Å². The number of morpholine rings is 1. The van der Waals surface area contributed by atoms with Crippen LogP contribution in [-0.2, 0) is 11.2 Å². The van der Waals surface area contributed by atoms with Gasteiger partial charge in [-0.3, -0.25) is 9.89 Å². The highest BCUT2D eigenvalue weighted by Gasteiger charge is 2.25. The predicted molar refractivity (Wildman–Crippen MR) is 115 cm³/mol. The molecule has 160 valence electrons. The first-order chi connectivity index (χ1) is 14.7. The summed E-state index contributed by atoms with van der Waals surface area (Å²) in [5.74, 6) is 1.46. The van der Waals surface area contributed by atoms with Crippen LogP contribution in [0.4, 0.5) is 4.39 Å². The topological polar surface area (TPSA) is 58.1 Å². The van der Waals surface area contributed by atoms with E-state index in [2.05, 4.69) is 26.6 Å². The number of halogens is 1. The molecule has 0 saturated carbocycles. The molecule has 0 bridgehead atoms. The van der Waals surface area contributed by atoms with Crippen LogP contribution in [0.15, 0.2) is 53.5 Å². The molecular weight excluding hydrogens is 383 g/mol. The molecule has 2 heterocycles. The Labute approximate surface area is 177 Å². The summed E-state index contributed by atoms with van der Waals surface area (Å²) in [5, 5.41) is 6.77. The van der Waals surface area contributed by atoms with Gasteiger partial charge >= 0.3 is 0 Å². The quantitative estimate of drug-likeness (QED) is 0.564. The third-order valence-electron chi connectivity index (χ3n) is 5.62. The van der Waals surface area contributed by atoms with Gasteiger partial charge in [0.2, 0.25) is 0 Å². The zero-order chi connectivity index (χ0) is 20.8. The Morgan fingerprint density at radius 3 is 2.77 bits per heavy atom. The van der Waals surface area contributed by atoms with Gasteiger partial charge in [0.1, 0.15) is 17.7 Å². The molecule has 2 aliphatic rings. The van der Waals surface area contributed by atoms with Crippen LogP contribution < -0.4 is 15.4 Å². The molecule has 2 unspecified atom stereocenters. The fraction of sp³-hybridized carbons (Fsp3) is 0.435. The lowest BCUT2D eigenvalue weighted by molar-refractivity contribution is 0.0169. The molecule has 0 aromatic heterocycles. The first-order valence-corrected chi connectivity index (χ1v) is 10.5. The maximum atomic E-state index is 13.9. The summed E-state index contributed by atoms with van der Waals surface area (Å²) in [6.45, 7) is 4.31. The van der Waals surface area contributed by atoms with Crippen LogP contribution in [0.1, 0.15) is 17.2 Å². The minimum Gasteiger partial charge on any atom is -0.488 e. The molecule has 30 heavy (non-hydrogen) atoms. The molecular formula is C23H29FN4O2. The SMILES string of the molecule is CN=C(NCC1Cc2ccccc2O1)NCC(c1cccc(F)c1)N1CCOCC1. The van der Waals surface area contributed by atoms with Crippen LogP contribution in [0.5, 0.6) is 5.75 Å². The smallest absolute Gasteiger partial charge is 0.191 e. The third-order valence-corrected chi connectivity index (χ3v) is 5.62. The van der Waals surface area contributed by atoms with Gasteiger partial charge < -0.3 is 20.1 Å². The molecule has 4 rings (SSSR count). The van der Waals surface area contributed by atoms with Crippen molar-refractivity contribution in [3.8, 4) is 5.75 Å². The first-order valence-electron chi connectivity index (χ1n) is 10.5. The van der Waals surface area contributed by atoms with Crippen molar-refractivity contribution in [1.29, 1.82) is 0 Å². The highest BCUT2D eigenvalue weighted by molar-refractivity contribution is 5.79. The van der Waals surface area contributed by atoms with Gasteiger partial charge in [-0.15, -0.1) is 0 Å². The van der Waals surface area contributed by atoms with E-state index in [1.54, 1.807) is 19.2 Å². The van der Waals surface area contributed by atoms with E-state index >= 15 is 0 Å². The molecule has 0 radical (unpaired) electrons. The van der Waals surface area contributed by atoms with Gasteiger partial charge in [-0.2, -0.15) is 0 Å². The highest BCUT2D eigenvalue weighted by Crippen LogP contribution is 2.27. The number of fused-ring (bicyclic) bond motifs is 1. The largest absolute Gasteiger partial charge is 0.488 e. The second-order valence-corrected chi connectivity index (χ2v) is 7.60. The highest BCUT2D eigenvalue weighted by atomic mass is 19.1. The minimum atomic E-state index is -0.216. The lowest BCUT2D eigenvalue weighted by Gasteiger charge is -2.35. The Hall–Kier alpha value is -2.64. The summed E-state index contributed by atoms with van der Waals surface area (Å²) in [5.41, 5.74) is 2.19. The minimum absolute atomic E-state index is 0.0372. The van der Waals surface area contributed by atoms with Gasteiger partial charge in [0, 0.05) is 33.1 Å². The first kappa shape index (κ1) is 20.6. The Morgan fingerprint density at radius 2 is 2.00 bits per heavy atom. The van der Waals surface area contributed by atoms with Crippen molar-refractivity contribution in [3.63, 3.8) is 0 Å². The van der Waals surface area contributed by atoms with Gasteiger partial charge in [0.25, 0.3) is 0 Å². The summed E-state index contributed by atoms with van der Waals surface area (Å²) < 4.78 is 25.3. The van der Waals surface area contributed by atoms with E-state index in [9.17, 15) is 4.39 Å². The third kappa shape index (κ3) is 5.09. The number of nitrogens with one attached hydrogen (secondary N) is 2. The second kappa shape index (κ2) is 9.91. The van der Waals surface area contributed by atoms with Gasteiger partial charge in [-0.25, -0.2) is 4.39 Å². The van der Waals surface area contributed by atoms with Crippen LogP contribution in [0, 0.1) is 5.82 Å². The molecule has 1 fully saturated rings. The van der Waals surface area contributed by atoms with E-state index in [-0.39, 0.29) is 18.0 Å². The van der Waals surface area contributed by atoms with E-state index in [1.165, 1.54) is 11.6 Å². The van der Waals surface area contributed by atoms with E-state index in [4.69, 9.17) is 9.47 Å².